The van der Waals surface area contributed by atoms with E-state index in [0.717, 1.165) is 17.6 Å². The fraction of sp³-hybridized carbons (Fsp3) is 0.684. The van der Waals surface area contributed by atoms with Crippen LogP contribution >= 0.6 is 0 Å². The summed E-state index contributed by atoms with van der Waals surface area (Å²) in [5.74, 6) is 2.69. The van der Waals surface area contributed by atoms with Crippen LogP contribution in [0.25, 0.3) is 0 Å². The number of hydrogen-bond donors (Lipinski definition) is 0. The van der Waals surface area contributed by atoms with Gasteiger partial charge in [0.15, 0.2) is 0 Å². The zero-order valence-electron chi connectivity index (χ0n) is 13.8. The molecule has 1 nitrogen and oxygen atoms in total. The van der Waals surface area contributed by atoms with Crippen molar-refractivity contribution in [3.05, 3.63) is 29.3 Å². The molecule has 113 valence electrons. The fourth-order valence-electron chi connectivity index (χ4n) is 4.63. The van der Waals surface area contributed by atoms with E-state index < -0.39 is 0 Å². The molecule has 1 heterocycles. The Morgan fingerprint density at radius 2 is 2.19 bits per heavy atom. The van der Waals surface area contributed by atoms with E-state index in [1.807, 2.05) is 0 Å². The van der Waals surface area contributed by atoms with E-state index in [0.29, 0.717) is 5.31 Å². The summed E-state index contributed by atoms with van der Waals surface area (Å²) in [5, 5.41) is 0.536. The number of ether oxygens (including phenoxy) is 1. The van der Waals surface area contributed by atoms with Crippen LogP contribution in [0.3, 0.4) is 0 Å². The Kier molecular flexibility index (Phi) is 4.33. The van der Waals surface area contributed by atoms with E-state index in [9.17, 15) is 0 Å². The smallest absolute Gasteiger partial charge is 0.119 e. The van der Waals surface area contributed by atoms with E-state index in [2.05, 4.69) is 39.3 Å². The lowest BCUT2D eigenvalue weighted by molar-refractivity contribution is 0.256. The Hall–Kier alpha value is -0.915. The molecule has 1 aromatic carbocycles. The Balaban J connectivity index is 1.83. The molecule has 3 atom stereocenters. The molecule has 1 saturated carbocycles. The first-order valence-corrected chi connectivity index (χ1v) is 8.67. The standard InChI is InChI=1S/C19H28BO/c1-4-5-14-13-17(21-3)6-7-18(14)15-8-10-19(2)16(12-15)9-11-20-19/h6-7,13,15-16H,4-5,8-12H2,1-3H3. The van der Waals surface area contributed by atoms with Gasteiger partial charge < -0.3 is 4.74 Å². The Labute approximate surface area is 130 Å². The van der Waals surface area contributed by atoms with Crippen molar-refractivity contribution in [2.24, 2.45) is 5.92 Å². The van der Waals surface area contributed by atoms with Crippen LogP contribution in [0.5, 0.6) is 5.75 Å². The number of benzene rings is 1. The van der Waals surface area contributed by atoms with E-state index in [1.165, 1.54) is 50.4 Å². The van der Waals surface area contributed by atoms with E-state index in [-0.39, 0.29) is 0 Å². The number of hydrogen-bond acceptors (Lipinski definition) is 1. The summed E-state index contributed by atoms with van der Waals surface area (Å²) in [6.45, 7) is 4.76. The maximum atomic E-state index is 5.42. The predicted octanol–water partition coefficient (Wildman–Crippen LogP) is 5.24. The Morgan fingerprint density at radius 3 is 2.95 bits per heavy atom. The van der Waals surface area contributed by atoms with Crippen LogP contribution in [-0.2, 0) is 6.42 Å². The van der Waals surface area contributed by atoms with Crippen LogP contribution in [-0.4, -0.2) is 14.4 Å². The SMILES string of the molecule is CCCc1cc(OC)ccc1C1CCC2(C)[B]CCC2C1. The molecule has 1 saturated heterocycles. The number of rotatable bonds is 4. The second-order valence-electron chi connectivity index (χ2n) is 7.27. The predicted molar refractivity (Wildman–Crippen MR) is 90.6 cm³/mol. The molecule has 3 unspecified atom stereocenters. The molecule has 0 bridgehead atoms. The van der Waals surface area contributed by atoms with Crippen molar-refractivity contribution >= 4 is 7.28 Å². The van der Waals surface area contributed by atoms with Gasteiger partial charge in [-0.1, -0.05) is 50.8 Å². The van der Waals surface area contributed by atoms with E-state index in [1.54, 1.807) is 12.7 Å². The first-order valence-electron chi connectivity index (χ1n) is 8.67. The highest BCUT2D eigenvalue weighted by Gasteiger charge is 2.43. The molecule has 0 N–H and O–H groups in total. The minimum absolute atomic E-state index is 0.536. The van der Waals surface area contributed by atoms with Crippen LogP contribution in [0.4, 0.5) is 0 Å². The quantitative estimate of drug-likeness (QED) is 0.687. The van der Waals surface area contributed by atoms with Crippen molar-refractivity contribution < 1.29 is 4.74 Å². The topological polar surface area (TPSA) is 9.23 Å². The zero-order valence-corrected chi connectivity index (χ0v) is 13.8. The van der Waals surface area contributed by atoms with Crippen LogP contribution in [0.1, 0.15) is 63.0 Å². The summed E-state index contributed by atoms with van der Waals surface area (Å²) in [6, 6.07) is 6.77. The summed E-state index contributed by atoms with van der Waals surface area (Å²) in [7, 11) is 4.38. The molecule has 1 aliphatic heterocycles. The van der Waals surface area contributed by atoms with Gasteiger partial charge in [0.2, 0.25) is 0 Å². The van der Waals surface area contributed by atoms with Gasteiger partial charge >= 0.3 is 0 Å². The van der Waals surface area contributed by atoms with Crippen molar-refractivity contribution in [1.29, 1.82) is 0 Å². The van der Waals surface area contributed by atoms with Crippen LogP contribution in [0.15, 0.2) is 18.2 Å². The minimum Gasteiger partial charge on any atom is -0.497 e. The highest BCUT2D eigenvalue weighted by Crippen LogP contribution is 2.57. The van der Waals surface area contributed by atoms with Gasteiger partial charge in [-0.25, -0.2) is 0 Å². The largest absolute Gasteiger partial charge is 0.497 e. The van der Waals surface area contributed by atoms with Gasteiger partial charge in [-0.05, 0) is 54.4 Å². The van der Waals surface area contributed by atoms with Crippen molar-refractivity contribution in [3.63, 3.8) is 0 Å². The highest BCUT2D eigenvalue weighted by atomic mass is 16.5. The molecule has 1 aliphatic carbocycles. The maximum absolute atomic E-state index is 5.42. The third-order valence-corrected chi connectivity index (χ3v) is 5.97. The van der Waals surface area contributed by atoms with Crippen molar-refractivity contribution in [1.82, 2.24) is 0 Å². The molecule has 2 fully saturated rings. The Morgan fingerprint density at radius 1 is 1.33 bits per heavy atom. The normalized spacial score (nSPS) is 31.6. The van der Waals surface area contributed by atoms with Crippen LogP contribution in [0.2, 0.25) is 11.6 Å². The molecule has 21 heavy (non-hydrogen) atoms. The van der Waals surface area contributed by atoms with Gasteiger partial charge in [-0.15, -0.1) is 0 Å². The molecule has 3 rings (SSSR count). The number of methoxy groups -OCH3 is 1. The number of fused-ring (bicyclic) bond motifs is 1. The highest BCUT2D eigenvalue weighted by molar-refractivity contribution is 6.41. The third-order valence-electron chi connectivity index (χ3n) is 5.97. The van der Waals surface area contributed by atoms with Gasteiger partial charge in [-0.2, -0.15) is 0 Å². The minimum atomic E-state index is 0.536. The van der Waals surface area contributed by atoms with Gasteiger partial charge in [0, 0.05) is 0 Å². The van der Waals surface area contributed by atoms with Crippen molar-refractivity contribution in [2.45, 2.75) is 69.9 Å². The average Bonchev–Trinajstić information content (AvgIpc) is 2.88. The van der Waals surface area contributed by atoms with Crippen molar-refractivity contribution in [2.75, 3.05) is 7.11 Å². The second kappa shape index (κ2) is 6.06. The third kappa shape index (κ3) is 2.87. The van der Waals surface area contributed by atoms with Crippen LogP contribution < -0.4 is 4.74 Å². The van der Waals surface area contributed by atoms with Crippen molar-refractivity contribution in [3.8, 4) is 5.75 Å². The number of aryl methyl sites for hydroxylation is 1. The van der Waals surface area contributed by atoms with Gasteiger partial charge in [-0.3, -0.25) is 0 Å². The summed E-state index contributed by atoms with van der Waals surface area (Å²) >= 11 is 0. The van der Waals surface area contributed by atoms with Gasteiger partial charge in [0.25, 0.3) is 0 Å². The first-order chi connectivity index (χ1) is 10.2. The van der Waals surface area contributed by atoms with Gasteiger partial charge in [0.05, 0.1) is 7.11 Å². The molecular weight excluding hydrogens is 255 g/mol. The monoisotopic (exact) mass is 283 g/mol. The molecule has 0 aromatic heterocycles. The molecule has 0 spiro atoms. The first kappa shape index (κ1) is 15.0. The molecule has 1 radical (unpaired) electrons. The molecule has 0 amide bonds. The summed E-state index contributed by atoms with van der Waals surface area (Å²) in [4.78, 5) is 0. The zero-order chi connectivity index (χ0) is 14.9. The molecule has 2 aliphatic rings. The summed E-state index contributed by atoms with van der Waals surface area (Å²) in [6.07, 6.45) is 9.24. The van der Waals surface area contributed by atoms with E-state index in [4.69, 9.17) is 4.74 Å². The Bertz CT molecular complexity index is 498. The van der Waals surface area contributed by atoms with Crippen LogP contribution in [0, 0.1) is 5.92 Å². The second-order valence-corrected chi connectivity index (χ2v) is 7.27. The molecule has 1 aromatic rings. The summed E-state index contributed by atoms with van der Waals surface area (Å²) in [5.41, 5.74) is 3.12. The van der Waals surface area contributed by atoms with Gasteiger partial charge in [0.1, 0.15) is 13.0 Å². The molecule has 2 heteroatoms. The maximum Gasteiger partial charge on any atom is 0.119 e. The molecular formula is C19H28BO. The lowest BCUT2D eigenvalue weighted by Crippen LogP contribution is -2.27. The average molecular weight is 283 g/mol. The fourth-order valence-corrected chi connectivity index (χ4v) is 4.63. The van der Waals surface area contributed by atoms with E-state index >= 15 is 0 Å². The summed E-state index contributed by atoms with van der Waals surface area (Å²) < 4.78 is 5.42. The lowest BCUT2D eigenvalue weighted by Gasteiger charge is -2.41. The lowest BCUT2D eigenvalue weighted by atomic mass is 9.48.